The van der Waals surface area contributed by atoms with Crippen LogP contribution in [-0.4, -0.2) is 46.4 Å². The molecule has 0 radical (unpaired) electrons. The van der Waals surface area contributed by atoms with E-state index in [-0.39, 0.29) is 5.60 Å². The molecule has 2 rings (SSSR count). The molecule has 1 aliphatic rings. The van der Waals surface area contributed by atoms with Gasteiger partial charge in [-0.1, -0.05) is 25.1 Å². The maximum Gasteiger partial charge on any atom is 0.191 e. The summed E-state index contributed by atoms with van der Waals surface area (Å²) in [7, 11) is 0. The van der Waals surface area contributed by atoms with Gasteiger partial charge in [-0.15, -0.1) is 0 Å². The Balaban J connectivity index is 2.02. The molecule has 1 aromatic carbocycles. The minimum absolute atomic E-state index is 0.248. The highest BCUT2D eigenvalue weighted by Gasteiger charge is 2.45. The van der Waals surface area contributed by atoms with Crippen molar-refractivity contribution in [2.24, 2.45) is 4.99 Å². The van der Waals surface area contributed by atoms with Gasteiger partial charge in [0.25, 0.3) is 0 Å². The van der Waals surface area contributed by atoms with Gasteiger partial charge in [0, 0.05) is 23.9 Å². The summed E-state index contributed by atoms with van der Waals surface area (Å²) in [6.07, 6.45) is 1.93. The van der Waals surface area contributed by atoms with E-state index in [2.05, 4.69) is 17.6 Å². The van der Waals surface area contributed by atoms with E-state index in [1.54, 1.807) is 0 Å². The average Bonchev–Trinajstić information content (AvgIpc) is 2.60. The molecular weight excluding hydrogens is 358 g/mol. The predicted octanol–water partition coefficient (Wildman–Crippen LogP) is 3.57. The van der Waals surface area contributed by atoms with Crippen molar-refractivity contribution in [2.45, 2.75) is 70.5 Å². The first-order valence-electron chi connectivity index (χ1n) is 9.90. The number of nitrogens with one attached hydrogen (secondary N) is 2. The average molecular weight is 394 g/mol. The molecule has 2 atom stereocenters. The summed E-state index contributed by atoms with van der Waals surface area (Å²) in [6, 6.07) is 8.02. The van der Waals surface area contributed by atoms with E-state index in [1.807, 2.05) is 63.7 Å². The molecule has 0 spiro atoms. The highest BCUT2D eigenvalue weighted by molar-refractivity contribution is 8.00. The van der Waals surface area contributed by atoms with Gasteiger partial charge >= 0.3 is 0 Å². The van der Waals surface area contributed by atoms with Gasteiger partial charge in [-0.25, -0.2) is 4.99 Å². The van der Waals surface area contributed by atoms with Gasteiger partial charge in [-0.05, 0) is 52.4 Å². The summed E-state index contributed by atoms with van der Waals surface area (Å²) < 4.78 is 6.05. The first-order valence-corrected chi connectivity index (χ1v) is 11.0. The van der Waals surface area contributed by atoms with E-state index in [0.717, 1.165) is 42.4 Å². The molecule has 1 aliphatic carbocycles. The first-order chi connectivity index (χ1) is 12.8. The van der Waals surface area contributed by atoms with E-state index in [9.17, 15) is 5.11 Å². The number of aliphatic imine (C=N–C) groups is 1. The van der Waals surface area contributed by atoms with Crippen LogP contribution in [-0.2, 0) is 6.54 Å². The number of thioether (sulfide) groups is 1. The monoisotopic (exact) mass is 393 g/mol. The molecule has 0 heterocycles. The maximum absolute atomic E-state index is 10.8. The van der Waals surface area contributed by atoms with Gasteiger partial charge in [0.2, 0.25) is 0 Å². The number of aliphatic hydroxyl groups is 1. The lowest BCUT2D eigenvalue weighted by Gasteiger charge is -2.45. The van der Waals surface area contributed by atoms with Gasteiger partial charge in [-0.2, -0.15) is 11.8 Å². The highest BCUT2D eigenvalue weighted by Crippen LogP contribution is 2.40. The van der Waals surface area contributed by atoms with E-state index in [0.29, 0.717) is 18.3 Å². The van der Waals surface area contributed by atoms with Crippen LogP contribution in [0.3, 0.4) is 0 Å². The quantitative estimate of drug-likeness (QED) is 0.465. The lowest BCUT2D eigenvalue weighted by Crippen LogP contribution is -2.58. The molecule has 5 nitrogen and oxygen atoms in total. The number of benzene rings is 1. The SMILES string of the molecule is CCNC(=NCc1ccccc1OC(C)(C)C)NCC1(O)CCC1SCC. The Labute approximate surface area is 168 Å². The number of ether oxygens (including phenoxy) is 1. The lowest BCUT2D eigenvalue weighted by atomic mass is 9.79. The fraction of sp³-hybridized carbons (Fsp3) is 0.667. The van der Waals surface area contributed by atoms with Crippen LogP contribution in [0.25, 0.3) is 0 Å². The van der Waals surface area contributed by atoms with Crippen LogP contribution < -0.4 is 15.4 Å². The topological polar surface area (TPSA) is 65.9 Å². The number of para-hydroxylation sites is 1. The Morgan fingerprint density at radius 1 is 1.30 bits per heavy atom. The molecule has 0 bridgehead atoms. The predicted molar refractivity (Wildman–Crippen MR) is 116 cm³/mol. The van der Waals surface area contributed by atoms with Crippen LogP contribution >= 0.6 is 11.8 Å². The van der Waals surface area contributed by atoms with Crippen molar-refractivity contribution in [2.75, 3.05) is 18.8 Å². The molecule has 0 aliphatic heterocycles. The Kier molecular flexibility index (Phi) is 7.86. The molecule has 0 saturated heterocycles. The lowest BCUT2D eigenvalue weighted by molar-refractivity contribution is -0.0198. The van der Waals surface area contributed by atoms with Crippen molar-refractivity contribution in [1.29, 1.82) is 0 Å². The standard InChI is InChI=1S/C21H35N3O2S/c1-6-22-19(24-15-21(25)13-12-18(21)27-7-2)23-14-16-10-8-9-11-17(16)26-20(3,4)5/h8-11,18,25H,6-7,12-15H2,1-5H3,(H2,22,23,24). The van der Waals surface area contributed by atoms with Crippen LogP contribution in [0.15, 0.2) is 29.3 Å². The fourth-order valence-electron chi connectivity index (χ4n) is 3.04. The first kappa shape index (κ1) is 21.9. The third-order valence-corrected chi connectivity index (χ3v) is 5.92. The molecule has 1 aromatic rings. The smallest absolute Gasteiger partial charge is 0.191 e. The summed E-state index contributed by atoms with van der Waals surface area (Å²) in [4.78, 5) is 4.70. The van der Waals surface area contributed by atoms with Crippen molar-refractivity contribution < 1.29 is 9.84 Å². The summed E-state index contributed by atoms with van der Waals surface area (Å²) in [5, 5.41) is 17.7. The van der Waals surface area contributed by atoms with Gasteiger partial charge in [0.05, 0.1) is 12.1 Å². The minimum Gasteiger partial charge on any atom is -0.488 e. The highest BCUT2D eigenvalue weighted by atomic mass is 32.2. The number of nitrogens with zero attached hydrogens (tertiary/aromatic N) is 1. The van der Waals surface area contributed by atoms with Gasteiger partial charge in [-0.3, -0.25) is 0 Å². The summed E-state index contributed by atoms with van der Waals surface area (Å²) in [6.45, 7) is 12.1. The largest absolute Gasteiger partial charge is 0.488 e. The minimum atomic E-state index is -0.635. The zero-order valence-corrected chi connectivity index (χ0v) is 18.2. The number of hydrogen-bond acceptors (Lipinski definition) is 4. The maximum atomic E-state index is 10.8. The van der Waals surface area contributed by atoms with Crippen molar-refractivity contribution in [3.05, 3.63) is 29.8 Å². The molecule has 6 heteroatoms. The molecular formula is C21H35N3O2S. The third-order valence-electron chi connectivity index (χ3n) is 4.51. The molecule has 0 amide bonds. The van der Waals surface area contributed by atoms with Crippen molar-refractivity contribution >= 4 is 17.7 Å². The molecule has 152 valence electrons. The Hall–Kier alpha value is -1.40. The Morgan fingerprint density at radius 2 is 2.04 bits per heavy atom. The van der Waals surface area contributed by atoms with Gasteiger partial charge < -0.3 is 20.5 Å². The van der Waals surface area contributed by atoms with Crippen LogP contribution in [0.5, 0.6) is 5.75 Å². The second kappa shape index (κ2) is 9.69. The third kappa shape index (κ3) is 6.61. The number of guanidine groups is 1. The van der Waals surface area contributed by atoms with Crippen molar-refractivity contribution in [1.82, 2.24) is 10.6 Å². The summed E-state index contributed by atoms with van der Waals surface area (Å²) >= 11 is 1.84. The van der Waals surface area contributed by atoms with E-state index in [4.69, 9.17) is 9.73 Å². The van der Waals surface area contributed by atoms with Crippen LogP contribution in [0, 0.1) is 0 Å². The van der Waals surface area contributed by atoms with Crippen molar-refractivity contribution in [3.63, 3.8) is 0 Å². The van der Waals surface area contributed by atoms with Crippen molar-refractivity contribution in [3.8, 4) is 5.75 Å². The second-order valence-electron chi connectivity index (χ2n) is 7.96. The second-order valence-corrected chi connectivity index (χ2v) is 9.44. The van der Waals surface area contributed by atoms with E-state index < -0.39 is 5.60 Å². The molecule has 1 saturated carbocycles. The molecule has 3 N–H and O–H groups in total. The number of rotatable bonds is 8. The van der Waals surface area contributed by atoms with Gasteiger partial charge in [0.15, 0.2) is 5.96 Å². The molecule has 2 unspecified atom stereocenters. The van der Waals surface area contributed by atoms with Crippen LogP contribution in [0.1, 0.15) is 53.0 Å². The summed E-state index contributed by atoms with van der Waals surface area (Å²) in [5.41, 5.74) is 0.165. The molecule has 0 aromatic heterocycles. The fourth-order valence-corrected chi connectivity index (χ4v) is 4.24. The number of hydrogen-bond donors (Lipinski definition) is 3. The molecule has 27 heavy (non-hydrogen) atoms. The Bertz CT molecular complexity index is 630. The zero-order valence-electron chi connectivity index (χ0n) is 17.3. The zero-order chi connectivity index (χ0) is 19.9. The Morgan fingerprint density at radius 3 is 2.63 bits per heavy atom. The van der Waals surface area contributed by atoms with E-state index >= 15 is 0 Å². The van der Waals surface area contributed by atoms with Gasteiger partial charge in [0.1, 0.15) is 11.4 Å². The van der Waals surface area contributed by atoms with E-state index in [1.165, 1.54) is 0 Å². The van der Waals surface area contributed by atoms with Crippen LogP contribution in [0.4, 0.5) is 0 Å². The van der Waals surface area contributed by atoms with Crippen LogP contribution in [0.2, 0.25) is 0 Å². The molecule has 1 fully saturated rings. The summed E-state index contributed by atoms with van der Waals surface area (Å²) in [5.74, 6) is 2.62. The normalized spacial score (nSPS) is 22.9.